The second-order valence-electron chi connectivity index (χ2n) is 21.1. The Balaban J connectivity index is 1.17. The van der Waals surface area contributed by atoms with E-state index in [0.717, 1.165) is 41.5 Å². The number of fused-ring (bicyclic) bond motifs is 1. The number of thioether (sulfide) groups is 1. The molecule has 7 rings (SSSR count). The molecule has 5 N–H and O–H groups in total. The first-order valence-corrected chi connectivity index (χ1v) is 29.1. The molecular formula is C63H65N7O20S. The number of hydrogen-bond acceptors (Lipinski definition) is 21. The lowest BCUT2D eigenvalue weighted by atomic mass is 9.95. The van der Waals surface area contributed by atoms with Crippen molar-refractivity contribution in [3.63, 3.8) is 0 Å². The first-order valence-electron chi connectivity index (χ1n) is 28.2. The number of nitrogens with one attached hydrogen (secondary N) is 4. The molecular weight excluding hydrogens is 1210 g/mol. The van der Waals surface area contributed by atoms with Crippen molar-refractivity contribution in [2.24, 2.45) is 0 Å². The average molecular weight is 1270 g/mol. The predicted molar refractivity (Wildman–Crippen MR) is 322 cm³/mol. The molecule has 28 heteroatoms. The third-order valence-corrected chi connectivity index (χ3v) is 15.4. The van der Waals surface area contributed by atoms with Crippen LogP contribution in [0, 0.1) is 0 Å². The molecule has 5 aromatic carbocycles. The number of hydrogen-bond donors (Lipinski definition) is 5. The summed E-state index contributed by atoms with van der Waals surface area (Å²) in [7, 11) is 0. The van der Waals surface area contributed by atoms with E-state index in [1.165, 1.54) is 88.3 Å². The lowest BCUT2D eigenvalue weighted by Gasteiger charge is -2.44. The number of nitrogens with zero attached hydrogens (tertiary/aromatic N) is 3. The molecule has 0 radical (unpaired) electrons. The highest BCUT2D eigenvalue weighted by Crippen LogP contribution is 2.51. The number of para-hydroxylation sites is 3. The first kappa shape index (κ1) is 68.0. The van der Waals surface area contributed by atoms with Gasteiger partial charge in [0, 0.05) is 97.7 Å². The summed E-state index contributed by atoms with van der Waals surface area (Å²) in [5.41, 5.74) is 0.317. The van der Waals surface area contributed by atoms with E-state index in [0.29, 0.717) is 11.1 Å². The van der Waals surface area contributed by atoms with Crippen molar-refractivity contribution < 1.29 is 95.9 Å². The minimum absolute atomic E-state index is 0.0123. The van der Waals surface area contributed by atoms with Gasteiger partial charge in [-0.3, -0.25) is 62.4 Å². The normalized spacial score (nSPS) is 15.5. The second-order valence-corrected chi connectivity index (χ2v) is 22.9. The summed E-state index contributed by atoms with van der Waals surface area (Å²) >= 11 is 1.24. The highest BCUT2D eigenvalue weighted by molar-refractivity contribution is 8.01. The first-order chi connectivity index (χ1) is 43.1. The minimum atomic E-state index is -1.33. The number of esters is 6. The van der Waals surface area contributed by atoms with Gasteiger partial charge in [-0.1, -0.05) is 60.7 Å². The van der Waals surface area contributed by atoms with Crippen LogP contribution >= 0.6 is 11.8 Å². The van der Waals surface area contributed by atoms with Crippen molar-refractivity contribution in [2.75, 3.05) is 39.3 Å². The lowest BCUT2D eigenvalue weighted by molar-refractivity contribution is -0.161. The number of carbonyl (C=O) groups excluding carboxylic acids is 12. The summed E-state index contributed by atoms with van der Waals surface area (Å²) in [4.78, 5) is 174. The van der Waals surface area contributed by atoms with E-state index in [1.54, 1.807) is 61.2 Å². The number of ether oxygens (including phenoxy) is 6. The van der Waals surface area contributed by atoms with Gasteiger partial charge in [0.25, 0.3) is 23.6 Å². The Morgan fingerprint density at radius 1 is 0.549 bits per heavy atom. The van der Waals surface area contributed by atoms with Gasteiger partial charge in [-0.05, 0) is 73.5 Å². The Morgan fingerprint density at radius 2 is 1.00 bits per heavy atom. The van der Waals surface area contributed by atoms with Gasteiger partial charge < -0.3 is 64.6 Å². The van der Waals surface area contributed by atoms with Crippen molar-refractivity contribution >= 4 is 89.0 Å². The van der Waals surface area contributed by atoms with Gasteiger partial charge in [-0.15, -0.1) is 11.8 Å². The van der Waals surface area contributed by atoms with Crippen LogP contribution in [-0.2, 0) is 49.7 Å². The van der Waals surface area contributed by atoms with Gasteiger partial charge in [0.15, 0.2) is 34.5 Å². The van der Waals surface area contributed by atoms with Crippen molar-refractivity contribution in [3.05, 3.63) is 143 Å². The molecule has 478 valence electrons. The Labute approximate surface area is 525 Å². The van der Waals surface area contributed by atoms with Crippen LogP contribution in [0.3, 0.4) is 0 Å². The van der Waals surface area contributed by atoms with Crippen molar-refractivity contribution in [3.8, 4) is 34.5 Å². The SMILES string of the molecule is CC(=O)Oc1cccc(C(=O)NCCN(CCNC(=O)c2cccc(OC(C)=O)c2OC(C)=O)CCN(Cc2ccc(C(=O)NC(C(=O)N[C@@H]3C(=O)N4[C@@H]3SC(C)(C)[C@@H]4C(=O)O)c3ccccc3)cc2)C(=O)c2cccc(OC(C)=O)c2OC(C)=O)c1OC(C)=O. The highest BCUT2D eigenvalue weighted by atomic mass is 32.2. The highest BCUT2D eigenvalue weighted by Gasteiger charge is 2.64. The molecule has 2 heterocycles. The molecule has 0 saturated carbocycles. The van der Waals surface area contributed by atoms with Gasteiger partial charge in [-0.25, -0.2) is 4.79 Å². The molecule has 0 aliphatic carbocycles. The quantitative estimate of drug-likeness (QED) is 0.0295. The van der Waals surface area contributed by atoms with Crippen LogP contribution in [0.4, 0.5) is 0 Å². The Bertz CT molecular complexity index is 3590. The van der Waals surface area contributed by atoms with Gasteiger partial charge in [0.1, 0.15) is 23.5 Å². The zero-order valence-electron chi connectivity index (χ0n) is 50.6. The number of β-lactam (4-membered cyclic amide) rings is 1. The van der Waals surface area contributed by atoms with Crippen LogP contribution in [-0.4, -0.2) is 159 Å². The largest absolute Gasteiger partial charge is 0.480 e. The van der Waals surface area contributed by atoms with Crippen LogP contribution in [0.1, 0.15) is 114 Å². The Morgan fingerprint density at radius 3 is 1.45 bits per heavy atom. The number of amides is 6. The summed E-state index contributed by atoms with van der Waals surface area (Å²) in [6.07, 6.45) is 0. The van der Waals surface area contributed by atoms with Crippen molar-refractivity contribution in [2.45, 2.75) is 90.2 Å². The molecule has 4 atom stereocenters. The zero-order chi connectivity index (χ0) is 66.4. The summed E-state index contributed by atoms with van der Waals surface area (Å²) in [6, 6.07) is 22.9. The van der Waals surface area contributed by atoms with E-state index in [1.807, 2.05) is 0 Å². The summed E-state index contributed by atoms with van der Waals surface area (Å²) < 4.78 is 30.9. The van der Waals surface area contributed by atoms with E-state index in [-0.39, 0.29) is 103 Å². The molecule has 2 fully saturated rings. The molecule has 0 spiro atoms. The number of rotatable bonds is 26. The number of carbonyl (C=O) groups is 13. The Kier molecular flexibility index (Phi) is 22.5. The van der Waals surface area contributed by atoms with Crippen LogP contribution < -0.4 is 49.7 Å². The van der Waals surface area contributed by atoms with E-state index in [2.05, 4.69) is 21.3 Å². The topological polar surface area (TPSA) is 355 Å². The number of carboxylic acid groups (broad SMARTS) is 1. The molecule has 1 unspecified atom stereocenters. The van der Waals surface area contributed by atoms with Crippen LogP contribution in [0.5, 0.6) is 34.5 Å². The molecule has 2 aliphatic rings. The number of carboxylic acids is 1. The monoisotopic (exact) mass is 1270 g/mol. The van der Waals surface area contributed by atoms with E-state index in [9.17, 15) is 62.6 Å². The molecule has 91 heavy (non-hydrogen) atoms. The second kappa shape index (κ2) is 30.1. The standard InChI is InChI=1S/C63H65N7O20S/c1-34(71)85-46-20-12-17-43(51(46)88-37(4)74)56(78)64-27-29-68(30-28-65-57(79)44-18-13-21-47(86-35(2)72)52(44)89-38(5)75)31-32-69(59(81)45-19-14-22-48(87-36(3)73)53(45)90-39(6)76)33-40-23-25-42(26-24-40)55(77)66-49(41-15-10-9-11-16-41)58(80)67-50-60(82)70-54(62(83)84)63(7,8)91-61(50)70/h9-26,49-50,54,61H,27-33H2,1-8H3,(H,64,78)(H,65,79)(H,66,77)(H,67,80)(H,83,84)/t49?,50-,54+,61-/m1/s1. The van der Waals surface area contributed by atoms with Crippen LogP contribution in [0.25, 0.3) is 0 Å². The molecule has 5 aromatic rings. The van der Waals surface area contributed by atoms with Gasteiger partial charge in [-0.2, -0.15) is 0 Å². The lowest BCUT2D eigenvalue weighted by Crippen LogP contribution is -2.71. The zero-order valence-corrected chi connectivity index (χ0v) is 51.4. The van der Waals surface area contributed by atoms with Gasteiger partial charge in [0.05, 0.1) is 16.7 Å². The maximum absolute atomic E-state index is 15.1. The molecule has 27 nitrogen and oxygen atoms in total. The smallest absolute Gasteiger partial charge is 0.327 e. The molecule has 2 saturated heterocycles. The van der Waals surface area contributed by atoms with Crippen LogP contribution in [0.2, 0.25) is 0 Å². The maximum atomic E-state index is 15.1. The summed E-state index contributed by atoms with van der Waals surface area (Å²) in [5, 5.41) is 20.2. The van der Waals surface area contributed by atoms with Crippen LogP contribution in [0.15, 0.2) is 109 Å². The molecule has 0 aromatic heterocycles. The van der Waals surface area contributed by atoms with E-state index >= 15 is 4.79 Å². The fraction of sp³-hybridized carbons (Fsp3) is 0.317. The number of benzene rings is 5. The third kappa shape index (κ3) is 17.4. The minimum Gasteiger partial charge on any atom is -0.480 e. The fourth-order valence-electron chi connectivity index (χ4n) is 9.92. The summed E-state index contributed by atoms with van der Waals surface area (Å²) in [6.45, 7) is 9.26. The summed E-state index contributed by atoms with van der Waals surface area (Å²) in [5.74, 6) is -12.0. The van der Waals surface area contributed by atoms with Gasteiger partial charge in [0.2, 0.25) is 11.8 Å². The maximum Gasteiger partial charge on any atom is 0.327 e. The Hall–Kier alpha value is -10.5. The van der Waals surface area contributed by atoms with Crippen molar-refractivity contribution in [1.29, 1.82) is 0 Å². The fourth-order valence-corrected chi connectivity index (χ4v) is 11.5. The molecule has 2 aliphatic heterocycles. The third-order valence-electron chi connectivity index (χ3n) is 13.8. The molecule has 0 bridgehead atoms. The molecule has 6 amide bonds. The average Bonchev–Trinajstić information content (AvgIpc) is 1.58. The predicted octanol–water partition coefficient (Wildman–Crippen LogP) is 4.15. The van der Waals surface area contributed by atoms with Crippen molar-refractivity contribution in [1.82, 2.24) is 36.0 Å². The van der Waals surface area contributed by atoms with E-state index in [4.69, 9.17) is 28.4 Å². The van der Waals surface area contributed by atoms with Gasteiger partial charge >= 0.3 is 41.8 Å². The number of aliphatic carboxylic acids is 1. The van der Waals surface area contributed by atoms with E-state index < -0.39 is 105 Å².